The molecule has 1 saturated carbocycles. The molecule has 0 saturated heterocycles. The molecule has 0 spiro atoms. The van der Waals surface area contributed by atoms with Gasteiger partial charge in [-0.15, -0.1) is 0 Å². The first kappa shape index (κ1) is 15.6. The van der Waals surface area contributed by atoms with Crippen LogP contribution in [0.15, 0.2) is 23.1 Å². The summed E-state index contributed by atoms with van der Waals surface area (Å²) in [4.78, 5) is 0.106. The Bertz CT molecular complexity index is 589. The molecule has 1 aliphatic rings. The molecule has 3 unspecified atom stereocenters. The Kier molecular flexibility index (Phi) is 4.62. The van der Waals surface area contributed by atoms with Crippen molar-refractivity contribution in [2.24, 2.45) is 11.8 Å². The second kappa shape index (κ2) is 5.92. The van der Waals surface area contributed by atoms with Crippen LogP contribution in [0.25, 0.3) is 0 Å². The summed E-state index contributed by atoms with van der Waals surface area (Å²) < 4.78 is 27.6. The largest absolute Gasteiger partial charge is 0.398 e. The number of hydrogen-bond acceptors (Lipinski definition) is 3. The summed E-state index contributed by atoms with van der Waals surface area (Å²) in [6, 6.07) is 4.44. The summed E-state index contributed by atoms with van der Waals surface area (Å²) in [5, 5.41) is 0.432. The molecule has 2 rings (SSSR count). The molecule has 6 heteroatoms. The fraction of sp³-hybridized carbons (Fsp3) is 0.571. The van der Waals surface area contributed by atoms with E-state index in [1.807, 2.05) is 0 Å². The molecule has 3 atom stereocenters. The Morgan fingerprint density at radius 2 is 2.10 bits per heavy atom. The number of rotatable bonds is 4. The van der Waals surface area contributed by atoms with E-state index >= 15 is 0 Å². The van der Waals surface area contributed by atoms with Crippen molar-refractivity contribution in [1.82, 2.24) is 4.72 Å². The predicted molar refractivity (Wildman–Crippen MR) is 82.2 cm³/mol. The van der Waals surface area contributed by atoms with Gasteiger partial charge in [0, 0.05) is 11.1 Å². The highest BCUT2D eigenvalue weighted by Gasteiger charge is 2.34. The fourth-order valence-electron chi connectivity index (χ4n) is 3.02. The minimum Gasteiger partial charge on any atom is -0.398 e. The second-order valence-corrected chi connectivity index (χ2v) is 7.63. The van der Waals surface area contributed by atoms with Crippen molar-refractivity contribution in [3.05, 3.63) is 23.2 Å². The van der Waals surface area contributed by atoms with Gasteiger partial charge in [0.1, 0.15) is 4.90 Å². The maximum absolute atomic E-state index is 12.4. The van der Waals surface area contributed by atoms with Gasteiger partial charge in [-0.05, 0) is 42.9 Å². The number of hydrogen-bond donors (Lipinski definition) is 2. The summed E-state index contributed by atoms with van der Waals surface area (Å²) in [6.07, 6.45) is 3.04. The monoisotopic (exact) mass is 316 g/mol. The van der Waals surface area contributed by atoms with Gasteiger partial charge in [0.25, 0.3) is 0 Å². The lowest BCUT2D eigenvalue weighted by molar-refractivity contribution is 0.368. The molecule has 1 aromatic rings. The minimum absolute atomic E-state index is 0.0139. The van der Waals surface area contributed by atoms with Crippen molar-refractivity contribution in [2.45, 2.75) is 44.0 Å². The lowest BCUT2D eigenvalue weighted by Crippen LogP contribution is -2.37. The molecule has 4 nitrogen and oxygen atoms in total. The van der Waals surface area contributed by atoms with Gasteiger partial charge in [-0.25, -0.2) is 13.1 Å². The molecule has 1 aliphatic carbocycles. The Labute approximate surface area is 125 Å². The first-order valence-electron chi connectivity index (χ1n) is 6.92. The number of anilines is 1. The zero-order valence-corrected chi connectivity index (χ0v) is 13.3. The van der Waals surface area contributed by atoms with Crippen molar-refractivity contribution in [2.75, 3.05) is 5.73 Å². The third-order valence-electron chi connectivity index (χ3n) is 4.32. The number of nitrogen functional groups attached to an aromatic ring is 1. The van der Waals surface area contributed by atoms with E-state index in [1.54, 1.807) is 6.07 Å². The molecule has 1 fully saturated rings. The van der Waals surface area contributed by atoms with Crippen molar-refractivity contribution in [3.8, 4) is 0 Å². The molecule has 0 aliphatic heterocycles. The molecule has 0 aromatic heterocycles. The van der Waals surface area contributed by atoms with Crippen molar-refractivity contribution >= 4 is 27.3 Å². The Balaban J connectivity index is 2.20. The maximum atomic E-state index is 12.4. The summed E-state index contributed by atoms with van der Waals surface area (Å²) >= 11 is 5.80. The van der Waals surface area contributed by atoms with Gasteiger partial charge in [0.2, 0.25) is 10.0 Å². The van der Waals surface area contributed by atoms with E-state index in [2.05, 4.69) is 18.6 Å². The SMILES string of the molecule is CCC1CCC(NS(=O)(=O)c2ccc(Cl)cc2N)C1C. The van der Waals surface area contributed by atoms with E-state index in [1.165, 1.54) is 12.1 Å². The summed E-state index contributed by atoms with van der Waals surface area (Å²) in [6.45, 7) is 4.26. The van der Waals surface area contributed by atoms with Crippen LogP contribution in [0.2, 0.25) is 5.02 Å². The van der Waals surface area contributed by atoms with Crippen LogP contribution in [0, 0.1) is 11.8 Å². The third-order valence-corrected chi connectivity index (χ3v) is 6.12. The minimum atomic E-state index is -3.59. The van der Waals surface area contributed by atoms with Gasteiger partial charge in [-0.2, -0.15) is 0 Å². The third kappa shape index (κ3) is 3.10. The van der Waals surface area contributed by atoms with Gasteiger partial charge in [-0.1, -0.05) is 31.9 Å². The van der Waals surface area contributed by atoms with E-state index in [-0.39, 0.29) is 16.6 Å². The van der Waals surface area contributed by atoms with Crippen LogP contribution in [-0.2, 0) is 10.0 Å². The lowest BCUT2D eigenvalue weighted by atomic mass is 9.94. The Morgan fingerprint density at radius 1 is 1.40 bits per heavy atom. The van der Waals surface area contributed by atoms with Crippen LogP contribution in [0.3, 0.4) is 0 Å². The quantitative estimate of drug-likeness (QED) is 0.839. The molecule has 20 heavy (non-hydrogen) atoms. The van der Waals surface area contributed by atoms with E-state index in [0.29, 0.717) is 16.9 Å². The molecule has 0 heterocycles. The molecule has 0 amide bonds. The highest BCUT2D eigenvalue weighted by molar-refractivity contribution is 7.89. The number of halogens is 1. The smallest absolute Gasteiger partial charge is 0.242 e. The predicted octanol–water partition coefficient (Wildman–Crippen LogP) is 3.03. The van der Waals surface area contributed by atoms with Crippen LogP contribution in [0.5, 0.6) is 0 Å². The Morgan fingerprint density at radius 3 is 2.65 bits per heavy atom. The molecular weight excluding hydrogens is 296 g/mol. The van der Waals surface area contributed by atoms with Crippen molar-refractivity contribution < 1.29 is 8.42 Å². The van der Waals surface area contributed by atoms with Gasteiger partial charge >= 0.3 is 0 Å². The van der Waals surface area contributed by atoms with Crippen LogP contribution >= 0.6 is 11.6 Å². The van der Waals surface area contributed by atoms with Crippen LogP contribution in [0.1, 0.15) is 33.1 Å². The molecule has 1 aromatic carbocycles. The average molecular weight is 317 g/mol. The van der Waals surface area contributed by atoms with Gasteiger partial charge in [0.15, 0.2) is 0 Å². The van der Waals surface area contributed by atoms with Crippen LogP contribution in [-0.4, -0.2) is 14.5 Å². The zero-order valence-electron chi connectivity index (χ0n) is 11.8. The van der Waals surface area contributed by atoms with Crippen LogP contribution in [0.4, 0.5) is 5.69 Å². The standard InChI is InChI=1S/C14H21ClN2O2S/c1-3-10-4-6-13(9(10)2)17-20(18,19)14-7-5-11(15)8-12(14)16/h5,7-10,13,17H,3-4,6,16H2,1-2H3. The summed E-state index contributed by atoms with van der Waals surface area (Å²) in [5.74, 6) is 0.938. The van der Waals surface area contributed by atoms with Crippen molar-refractivity contribution in [3.63, 3.8) is 0 Å². The normalized spacial score (nSPS) is 26.9. The average Bonchev–Trinajstić information content (AvgIpc) is 2.69. The van der Waals surface area contributed by atoms with E-state index in [9.17, 15) is 8.42 Å². The molecule has 112 valence electrons. The highest BCUT2D eigenvalue weighted by atomic mass is 35.5. The first-order chi connectivity index (χ1) is 9.35. The molecule has 3 N–H and O–H groups in total. The van der Waals surface area contributed by atoms with Gasteiger partial charge in [0.05, 0.1) is 5.69 Å². The second-order valence-electron chi connectivity index (χ2n) is 5.51. The van der Waals surface area contributed by atoms with Crippen molar-refractivity contribution in [1.29, 1.82) is 0 Å². The van der Waals surface area contributed by atoms with Gasteiger partial charge in [-0.3, -0.25) is 0 Å². The fourth-order valence-corrected chi connectivity index (χ4v) is 4.67. The topological polar surface area (TPSA) is 72.2 Å². The summed E-state index contributed by atoms with van der Waals surface area (Å²) in [5.41, 5.74) is 5.95. The number of benzene rings is 1. The maximum Gasteiger partial charge on any atom is 0.242 e. The van der Waals surface area contributed by atoms with E-state index in [0.717, 1.165) is 19.3 Å². The van der Waals surface area contributed by atoms with Crippen LogP contribution < -0.4 is 10.5 Å². The molecule has 0 bridgehead atoms. The summed E-state index contributed by atoms with van der Waals surface area (Å²) in [7, 11) is -3.59. The zero-order chi connectivity index (χ0) is 14.9. The number of sulfonamides is 1. The van der Waals surface area contributed by atoms with E-state index < -0.39 is 10.0 Å². The van der Waals surface area contributed by atoms with Gasteiger partial charge < -0.3 is 5.73 Å². The highest BCUT2D eigenvalue weighted by Crippen LogP contribution is 2.35. The Hall–Kier alpha value is -0.780. The molecule has 0 radical (unpaired) electrons. The molecular formula is C14H21ClN2O2S. The number of nitrogens with two attached hydrogens (primary N) is 1. The lowest BCUT2D eigenvalue weighted by Gasteiger charge is -2.21. The first-order valence-corrected chi connectivity index (χ1v) is 8.78. The number of nitrogens with one attached hydrogen (secondary N) is 1. The van der Waals surface area contributed by atoms with E-state index in [4.69, 9.17) is 17.3 Å².